The van der Waals surface area contributed by atoms with Gasteiger partial charge in [-0.3, -0.25) is 14.5 Å². The van der Waals surface area contributed by atoms with E-state index in [-0.39, 0.29) is 24.4 Å². The second kappa shape index (κ2) is 10.6. The Morgan fingerprint density at radius 3 is 2.49 bits per heavy atom. The van der Waals surface area contributed by atoms with Crippen LogP contribution in [0.5, 0.6) is 0 Å². The topological polar surface area (TPSA) is 87.7 Å². The molecule has 1 aliphatic rings. The van der Waals surface area contributed by atoms with Gasteiger partial charge in [0.05, 0.1) is 12.6 Å². The van der Waals surface area contributed by atoms with E-state index in [1.54, 1.807) is 42.5 Å². The van der Waals surface area contributed by atoms with E-state index in [4.69, 9.17) is 16.3 Å². The molecule has 0 bridgehead atoms. The van der Waals surface area contributed by atoms with Crippen LogP contribution in [0.3, 0.4) is 0 Å². The molecule has 3 atom stereocenters. The molecule has 0 saturated carbocycles. The minimum Gasteiger partial charge on any atom is -0.438 e. The molecule has 1 heterocycles. The highest BCUT2D eigenvalue weighted by atomic mass is 35.5. The lowest BCUT2D eigenvalue weighted by molar-refractivity contribution is -0.127. The van der Waals surface area contributed by atoms with E-state index < -0.39 is 18.2 Å². The van der Waals surface area contributed by atoms with Crippen LogP contribution >= 0.6 is 11.6 Å². The second-order valence-corrected chi connectivity index (χ2v) is 8.89. The fourth-order valence-corrected chi connectivity index (χ4v) is 4.38. The molecule has 180 valence electrons. The normalized spacial score (nSPS) is 18.0. The zero-order valence-electron chi connectivity index (χ0n) is 19.4. The lowest BCUT2D eigenvalue weighted by Gasteiger charge is -2.26. The molecular formula is C27H26ClN3O4. The van der Waals surface area contributed by atoms with E-state index in [1.165, 1.54) is 11.8 Å². The first kappa shape index (κ1) is 24.3. The molecule has 3 unspecified atom stereocenters. The van der Waals surface area contributed by atoms with Crippen molar-refractivity contribution in [3.63, 3.8) is 0 Å². The fraction of sp³-hybridized carbons (Fsp3) is 0.222. The van der Waals surface area contributed by atoms with E-state index in [0.717, 1.165) is 11.1 Å². The molecule has 0 radical (unpaired) electrons. The number of hydrogen-bond acceptors (Lipinski definition) is 4. The summed E-state index contributed by atoms with van der Waals surface area (Å²) in [6.45, 7) is 3.45. The van der Waals surface area contributed by atoms with Crippen molar-refractivity contribution < 1.29 is 19.1 Å². The number of anilines is 1. The maximum Gasteiger partial charge on any atom is 0.411 e. The van der Waals surface area contributed by atoms with Crippen molar-refractivity contribution in [2.45, 2.75) is 38.6 Å². The number of cyclic esters (lactones) is 1. The van der Waals surface area contributed by atoms with Gasteiger partial charge in [-0.1, -0.05) is 66.2 Å². The summed E-state index contributed by atoms with van der Waals surface area (Å²) in [5.74, 6) is -0.566. The van der Waals surface area contributed by atoms with Gasteiger partial charge < -0.3 is 15.4 Å². The van der Waals surface area contributed by atoms with Gasteiger partial charge in [-0.15, -0.1) is 0 Å². The van der Waals surface area contributed by atoms with E-state index in [0.29, 0.717) is 16.3 Å². The summed E-state index contributed by atoms with van der Waals surface area (Å²) in [7, 11) is 0. The van der Waals surface area contributed by atoms with Gasteiger partial charge in [-0.25, -0.2) is 4.79 Å². The summed E-state index contributed by atoms with van der Waals surface area (Å²) in [4.78, 5) is 39.6. The van der Waals surface area contributed by atoms with Crippen LogP contribution in [0.1, 0.15) is 42.7 Å². The number of carbonyl (C=O) groups is 3. The number of nitrogens with one attached hydrogen (secondary N) is 2. The zero-order chi connectivity index (χ0) is 24.9. The molecule has 35 heavy (non-hydrogen) atoms. The summed E-state index contributed by atoms with van der Waals surface area (Å²) < 4.78 is 5.72. The van der Waals surface area contributed by atoms with Gasteiger partial charge in [0.25, 0.3) is 0 Å². The number of hydrogen-bond donors (Lipinski definition) is 2. The van der Waals surface area contributed by atoms with E-state index >= 15 is 0 Å². The van der Waals surface area contributed by atoms with Crippen LogP contribution in [0.4, 0.5) is 10.5 Å². The summed E-state index contributed by atoms with van der Waals surface area (Å²) in [5, 5.41) is 6.29. The number of rotatable bonds is 7. The summed E-state index contributed by atoms with van der Waals surface area (Å²) >= 11 is 6.14. The maximum atomic E-state index is 13.6. The molecule has 1 aliphatic heterocycles. The molecule has 3 amide bonds. The van der Waals surface area contributed by atoms with Crippen LogP contribution in [-0.4, -0.2) is 28.8 Å². The van der Waals surface area contributed by atoms with Crippen LogP contribution in [0.15, 0.2) is 78.9 Å². The average molecular weight is 492 g/mol. The molecule has 0 aliphatic carbocycles. The lowest BCUT2D eigenvalue weighted by atomic mass is 9.99. The Bertz CT molecular complexity index is 1230. The van der Waals surface area contributed by atoms with Crippen molar-refractivity contribution in [2.75, 3.05) is 5.32 Å². The van der Waals surface area contributed by atoms with Crippen molar-refractivity contribution >= 4 is 35.2 Å². The number of ether oxygens (including phenoxy) is 1. The van der Waals surface area contributed by atoms with Gasteiger partial charge in [0.15, 0.2) is 12.1 Å². The Morgan fingerprint density at radius 1 is 1.03 bits per heavy atom. The minimum absolute atomic E-state index is 0.152. The van der Waals surface area contributed by atoms with Crippen molar-refractivity contribution in [1.82, 2.24) is 10.2 Å². The van der Waals surface area contributed by atoms with Gasteiger partial charge in [0, 0.05) is 17.6 Å². The van der Waals surface area contributed by atoms with E-state index in [1.807, 2.05) is 43.3 Å². The van der Waals surface area contributed by atoms with Crippen molar-refractivity contribution in [1.29, 1.82) is 0 Å². The van der Waals surface area contributed by atoms with Crippen LogP contribution < -0.4 is 10.6 Å². The van der Waals surface area contributed by atoms with E-state index in [9.17, 15) is 14.4 Å². The number of amides is 3. The smallest absolute Gasteiger partial charge is 0.411 e. The highest BCUT2D eigenvalue weighted by Crippen LogP contribution is 2.35. The zero-order valence-corrected chi connectivity index (χ0v) is 20.2. The number of benzene rings is 3. The Balaban J connectivity index is 1.66. The first-order chi connectivity index (χ1) is 16.8. The third kappa shape index (κ3) is 5.81. The third-order valence-electron chi connectivity index (χ3n) is 5.79. The van der Waals surface area contributed by atoms with Crippen LogP contribution in [0.25, 0.3) is 0 Å². The molecule has 0 spiro atoms. The Kier molecular flexibility index (Phi) is 7.36. The SMILES string of the molecule is CC(=O)Nc1cccc(C2OC(=O)N(Cc3cccc(Cl)c3)C2C(=O)NC(C)c2ccccc2)c1. The first-order valence-corrected chi connectivity index (χ1v) is 11.6. The maximum absolute atomic E-state index is 13.6. The Morgan fingerprint density at radius 2 is 1.77 bits per heavy atom. The quantitative estimate of drug-likeness (QED) is 0.473. The second-order valence-electron chi connectivity index (χ2n) is 8.45. The molecule has 0 aromatic heterocycles. The molecule has 7 nitrogen and oxygen atoms in total. The number of carbonyl (C=O) groups excluding carboxylic acids is 3. The number of nitrogens with zero attached hydrogens (tertiary/aromatic N) is 1. The van der Waals surface area contributed by atoms with Gasteiger partial charge in [0.2, 0.25) is 11.8 Å². The Labute approximate surface area is 209 Å². The lowest BCUT2D eigenvalue weighted by Crippen LogP contribution is -2.46. The standard InChI is InChI=1S/C27H26ClN3O4/c1-17(20-9-4-3-5-10-20)29-26(33)24-25(21-11-7-13-23(15-21)30-18(2)32)35-27(34)31(24)16-19-8-6-12-22(28)14-19/h3-15,17,24-25H,16H2,1-2H3,(H,29,33)(H,30,32). The Hall–Kier alpha value is -3.84. The van der Waals surface area contributed by atoms with Gasteiger partial charge in [-0.2, -0.15) is 0 Å². The molecule has 8 heteroatoms. The summed E-state index contributed by atoms with van der Waals surface area (Å²) in [6.07, 6.45) is -1.47. The molecule has 1 saturated heterocycles. The largest absolute Gasteiger partial charge is 0.438 e. The molecule has 1 fully saturated rings. The summed E-state index contributed by atoms with van der Waals surface area (Å²) in [5.41, 5.74) is 2.87. The van der Waals surface area contributed by atoms with Crippen molar-refractivity contribution in [3.8, 4) is 0 Å². The van der Waals surface area contributed by atoms with Gasteiger partial charge >= 0.3 is 6.09 Å². The molecule has 4 rings (SSSR count). The molecular weight excluding hydrogens is 466 g/mol. The molecule has 3 aromatic carbocycles. The monoisotopic (exact) mass is 491 g/mol. The van der Waals surface area contributed by atoms with Crippen molar-refractivity contribution in [3.05, 3.63) is 101 Å². The predicted octanol–water partition coefficient (Wildman–Crippen LogP) is 5.24. The summed E-state index contributed by atoms with van der Waals surface area (Å²) in [6, 6.07) is 22.5. The van der Waals surface area contributed by atoms with Gasteiger partial charge in [0.1, 0.15) is 0 Å². The van der Waals surface area contributed by atoms with Gasteiger partial charge in [-0.05, 0) is 47.9 Å². The predicted molar refractivity (Wildman–Crippen MR) is 134 cm³/mol. The molecule has 2 N–H and O–H groups in total. The minimum atomic E-state index is -0.930. The third-order valence-corrected chi connectivity index (χ3v) is 6.02. The highest BCUT2D eigenvalue weighted by Gasteiger charge is 2.47. The van der Waals surface area contributed by atoms with Crippen LogP contribution in [0.2, 0.25) is 5.02 Å². The van der Waals surface area contributed by atoms with E-state index in [2.05, 4.69) is 10.6 Å². The first-order valence-electron chi connectivity index (χ1n) is 11.3. The van der Waals surface area contributed by atoms with Crippen LogP contribution in [0, 0.1) is 0 Å². The average Bonchev–Trinajstić information content (AvgIpc) is 3.15. The van der Waals surface area contributed by atoms with Crippen LogP contribution in [-0.2, 0) is 20.9 Å². The van der Waals surface area contributed by atoms with Crippen molar-refractivity contribution in [2.24, 2.45) is 0 Å². The fourth-order valence-electron chi connectivity index (χ4n) is 4.16. The highest BCUT2D eigenvalue weighted by molar-refractivity contribution is 6.30. The molecule has 3 aromatic rings. The number of halogens is 1.